The largest absolute Gasteiger partial charge is 0.355 e. The maximum Gasteiger partial charge on any atom is 0.229 e. The van der Waals surface area contributed by atoms with Gasteiger partial charge in [0.15, 0.2) is 0 Å². The lowest BCUT2D eigenvalue weighted by atomic mass is 9.92. The highest BCUT2D eigenvalue weighted by Gasteiger charge is 2.28. The summed E-state index contributed by atoms with van der Waals surface area (Å²) in [6.45, 7) is 6.14. The lowest BCUT2D eigenvalue weighted by Crippen LogP contribution is -2.43. The molecule has 2 N–H and O–H groups in total. The van der Waals surface area contributed by atoms with Gasteiger partial charge in [-0.05, 0) is 50.3 Å². The van der Waals surface area contributed by atoms with Crippen molar-refractivity contribution < 1.29 is 0 Å². The molecule has 0 bridgehead atoms. The first-order valence-electron chi connectivity index (χ1n) is 10.8. The van der Waals surface area contributed by atoms with Crippen molar-refractivity contribution in [3.8, 4) is 6.07 Å². The molecule has 4 rings (SSSR count). The van der Waals surface area contributed by atoms with Gasteiger partial charge in [0, 0.05) is 42.6 Å². The normalized spacial score (nSPS) is 19.1. The number of nitrogens with one attached hydrogen (secondary N) is 2. The second kappa shape index (κ2) is 8.79. The molecule has 0 spiro atoms. The molecule has 2 fully saturated rings. The summed E-state index contributed by atoms with van der Waals surface area (Å²) < 4.78 is 0. The minimum Gasteiger partial charge on any atom is -0.355 e. The molecule has 6 heteroatoms. The summed E-state index contributed by atoms with van der Waals surface area (Å²) >= 11 is 0. The average molecular weight is 391 g/mol. The van der Waals surface area contributed by atoms with E-state index in [1.807, 2.05) is 25.1 Å². The molecule has 1 saturated heterocycles. The number of anilines is 3. The van der Waals surface area contributed by atoms with Crippen molar-refractivity contribution in [2.75, 3.05) is 23.3 Å². The molecule has 0 radical (unpaired) electrons. The Morgan fingerprint density at radius 1 is 1.17 bits per heavy atom. The van der Waals surface area contributed by atoms with Gasteiger partial charge in [-0.2, -0.15) is 10.2 Å². The van der Waals surface area contributed by atoms with Crippen LogP contribution in [-0.2, 0) is 6.42 Å². The maximum absolute atomic E-state index is 9.30. The van der Waals surface area contributed by atoms with E-state index in [-0.39, 0.29) is 0 Å². The molecule has 1 aliphatic carbocycles. The van der Waals surface area contributed by atoms with Crippen LogP contribution in [0.3, 0.4) is 0 Å². The number of nitriles is 1. The zero-order valence-electron chi connectivity index (χ0n) is 17.4. The van der Waals surface area contributed by atoms with E-state index in [2.05, 4.69) is 34.6 Å². The van der Waals surface area contributed by atoms with E-state index < -0.39 is 0 Å². The van der Waals surface area contributed by atoms with Gasteiger partial charge in [-0.3, -0.25) is 0 Å². The molecule has 2 aromatic rings. The van der Waals surface area contributed by atoms with E-state index in [9.17, 15) is 5.26 Å². The van der Waals surface area contributed by atoms with Gasteiger partial charge in [0.2, 0.25) is 5.95 Å². The molecule has 6 nitrogen and oxygen atoms in total. The van der Waals surface area contributed by atoms with Crippen LogP contribution in [0.2, 0.25) is 0 Å². The number of nitrogens with zero attached hydrogens (tertiary/aromatic N) is 4. The first-order chi connectivity index (χ1) is 14.1. The van der Waals surface area contributed by atoms with Gasteiger partial charge in [0.05, 0.1) is 11.6 Å². The smallest absolute Gasteiger partial charge is 0.229 e. The van der Waals surface area contributed by atoms with Crippen LogP contribution in [-0.4, -0.2) is 35.1 Å². The van der Waals surface area contributed by atoms with Crippen molar-refractivity contribution in [1.82, 2.24) is 15.3 Å². The van der Waals surface area contributed by atoms with Crippen LogP contribution in [0.15, 0.2) is 24.3 Å². The molecule has 1 saturated carbocycles. The third-order valence-electron chi connectivity index (χ3n) is 5.97. The molecule has 29 heavy (non-hydrogen) atoms. The number of hydrogen-bond acceptors (Lipinski definition) is 6. The van der Waals surface area contributed by atoms with Crippen LogP contribution in [0, 0.1) is 18.3 Å². The number of benzene rings is 1. The molecular weight excluding hydrogens is 360 g/mol. The minimum atomic E-state index is 0.552. The molecule has 0 unspecified atom stereocenters. The van der Waals surface area contributed by atoms with Gasteiger partial charge in [-0.15, -0.1) is 0 Å². The Balaban J connectivity index is 1.52. The molecule has 0 amide bonds. The van der Waals surface area contributed by atoms with E-state index in [1.165, 1.54) is 19.3 Å². The summed E-state index contributed by atoms with van der Waals surface area (Å²) in [5, 5.41) is 16.4. The fraction of sp³-hybridized carbons (Fsp3) is 0.522. The van der Waals surface area contributed by atoms with Crippen LogP contribution in [0.4, 0.5) is 17.5 Å². The van der Waals surface area contributed by atoms with Crippen LogP contribution >= 0.6 is 0 Å². The molecule has 2 aliphatic rings. The molecular formula is C23H30N6. The van der Waals surface area contributed by atoms with E-state index in [4.69, 9.17) is 9.97 Å². The predicted octanol–water partition coefficient (Wildman–Crippen LogP) is 4.07. The van der Waals surface area contributed by atoms with Crippen LogP contribution in [0.1, 0.15) is 55.8 Å². The first kappa shape index (κ1) is 19.7. The van der Waals surface area contributed by atoms with Gasteiger partial charge >= 0.3 is 0 Å². The van der Waals surface area contributed by atoms with Gasteiger partial charge in [0.25, 0.3) is 0 Å². The number of aryl methyl sites for hydroxylation is 2. The maximum atomic E-state index is 9.30. The summed E-state index contributed by atoms with van der Waals surface area (Å²) in [7, 11) is 0. The highest BCUT2D eigenvalue weighted by molar-refractivity contribution is 5.59. The second-order valence-electron chi connectivity index (χ2n) is 8.28. The molecule has 152 valence electrons. The Hall–Kier alpha value is -2.65. The van der Waals surface area contributed by atoms with Gasteiger partial charge in [-0.1, -0.05) is 25.8 Å². The van der Waals surface area contributed by atoms with Crippen molar-refractivity contribution in [3.63, 3.8) is 0 Å². The third-order valence-corrected chi connectivity index (χ3v) is 5.97. The summed E-state index contributed by atoms with van der Waals surface area (Å²) in [5.74, 6) is 1.60. The second-order valence-corrected chi connectivity index (χ2v) is 8.28. The van der Waals surface area contributed by atoms with Crippen molar-refractivity contribution in [3.05, 3.63) is 41.1 Å². The number of aromatic nitrogens is 2. The fourth-order valence-electron chi connectivity index (χ4n) is 4.05. The Morgan fingerprint density at radius 3 is 2.76 bits per heavy atom. The zero-order chi connectivity index (χ0) is 20.2. The first-order valence-corrected chi connectivity index (χ1v) is 10.8. The van der Waals surface area contributed by atoms with Crippen LogP contribution in [0.5, 0.6) is 0 Å². The van der Waals surface area contributed by atoms with Crippen molar-refractivity contribution >= 4 is 17.5 Å². The van der Waals surface area contributed by atoms with E-state index in [0.717, 1.165) is 55.1 Å². The van der Waals surface area contributed by atoms with E-state index >= 15 is 0 Å². The van der Waals surface area contributed by atoms with E-state index in [0.29, 0.717) is 23.6 Å². The van der Waals surface area contributed by atoms with E-state index in [1.54, 1.807) is 0 Å². The van der Waals surface area contributed by atoms with Gasteiger partial charge in [-0.25, -0.2) is 4.98 Å². The summed E-state index contributed by atoms with van der Waals surface area (Å²) in [4.78, 5) is 11.9. The zero-order valence-corrected chi connectivity index (χ0v) is 17.4. The SMILES string of the molecule is CCCc1cc(N2CC[C@H](NC3CCC3)C2)nc(Nc2ccc(C)c(C#N)c2)n1. The topological polar surface area (TPSA) is 76.9 Å². The lowest BCUT2D eigenvalue weighted by molar-refractivity contribution is 0.311. The molecule has 2 heterocycles. The van der Waals surface area contributed by atoms with Crippen molar-refractivity contribution in [2.45, 2.75) is 64.5 Å². The Morgan fingerprint density at radius 2 is 2.03 bits per heavy atom. The third kappa shape index (κ3) is 4.68. The van der Waals surface area contributed by atoms with Gasteiger partial charge < -0.3 is 15.5 Å². The Labute approximate surface area is 173 Å². The number of rotatable bonds is 7. The quantitative estimate of drug-likeness (QED) is 0.742. The predicted molar refractivity (Wildman–Crippen MR) is 117 cm³/mol. The fourth-order valence-corrected chi connectivity index (χ4v) is 4.05. The van der Waals surface area contributed by atoms with Gasteiger partial charge in [0.1, 0.15) is 5.82 Å². The highest BCUT2D eigenvalue weighted by atomic mass is 15.3. The Bertz CT molecular complexity index is 899. The highest BCUT2D eigenvalue weighted by Crippen LogP contribution is 2.25. The lowest BCUT2D eigenvalue weighted by Gasteiger charge is -2.30. The minimum absolute atomic E-state index is 0.552. The standard InChI is InChI=1S/C23H30N6/c1-3-5-19-13-22(29-11-10-21(15-29)25-18-6-4-7-18)28-23(26-19)27-20-9-8-16(2)17(12-20)14-24/h8-9,12-13,18,21,25H,3-7,10-11,15H2,1-2H3,(H,26,27,28)/t21-/m0/s1. The molecule has 1 aliphatic heterocycles. The molecule has 1 aromatic heterocycles. The Kier molecular flexibility index (Phi) is 5.96. The van der Waals surface area contributed by atoms with Crippen molar-refractivity contribution in [1.29, 1.82) is 5.26 Å². The monoisotopic (exact) mass is 390 g/mol. The van der Waals surface area contributed by atoms with Crippen molar-refractivity contribution in [2.24, 2.45) is 0 Å². The average Bonchev–Trinajstić information content (AvgIpc) is 3.15. The summed E-state index contributed by atoms with van der Waals surface area (Å²) in [6, 6.07) is 11.4. The summed E-state index contributed by atoms with van der Waals surface area (Å²) in [5.41, 5.74) is 3.55. The molecule has 1 atom stereocenters. The number of hydrogen-bond donors (Lipinski definition) is 2. The molecule has 1 aromatic carbocycles. The van der Waals surface area contributed by atoms with Crippen LogP contribution in [0.25, 0.3) is 0 Å². The van der Waals surface area contributed by atoms with Crippen LogP contribution < -0.4 is 15.5 Å². The summed E-state index contributed by atoms with van der Waals surface area (Å²) in [6.07, 6.45) is 7.14.